The summed E-state index contributed by atoms with van der Waals surface area (Å²) in [6, 6.07) is 7.94. The van der Waals surface area contributed by atoms with Crippen molar-refractivity contribution >= 4 is 52.9 Å². The molecule has 0 spiro atoms. The Hall–Kier alpha value is -0.860. The molecule has 0 radical (unpaired) electrons. The summed E-state index contributed by atoms with van der Waals surface area (Å²) < 4.78 is 0. The van der Waals surface area contributed by atoms with Gasteiger partial charge in [-0.05, 0) is 38.0 Å². The van der Waals surface area contributed by atoms with Gasteiger partial charge in [-0.1, -0.05) is 23.7 Å². The molecule has 1 aromatic carbocycles. The first kappa shape index (κ1) is 21.2. The predicted octanol–water partition coefficient (Wildman–Crippen LogP) is 3.98. The second-order valence-electron chi connectivity index (χ2n) is 5.30. The van der Waals surface area contributed by atoms with E-state index in [1.54, 1.807) is 18.4 Å². The molecule has 0 aliphatic rings. The van der Waals surface area contributed by atoms with Crippen LogP contribution in [-0.4, -0.2) is 31.1 Å². The van der Waals surface area contributed by atoms with E-state index in [0.29, 0.717) is 0 Å². The number of guanidine groups is 1. The number of benzene rings is 1. The molecule has 2 rings (SSSR count). The van der Waals surface area contributed by atoms with Gasteiger partial charge in [0.25, 0.3) is 0 Å². The Morgan fingerprint density at radius 1 is 1.12 bits per heavy atom. The van der Waals surface area contributed by atoms with E-state index >= 15 is 0 Å². The van der Waals surface area contributed by atoms with E-state index in [9.17, 15) is 0 Å². The third kappa shape index (κ3) is 6.94. The van der Waals surface area contributed by atoms with E-state index in [-0.39, 0.29) is 24.0 Å². The maximum absolute atomic E-state index is 5.89. The second-order valence-corrected chi connectivity index (χ2v) is 7.03. The van der Waals surface area contributed by atoms with E-state index in [0.717, 1.165) is 42.6 Å². The number of halogens is 2. The fraction of sp³-hybridized carbons (Fsp3) is 0.412. The lowest BCUT2D eigenvalue weighted by molar-refractivity contribution is 0.781. The third-order valence-electron chi connectivity index (χ3n) is 3.55. The van der Waals surface area contributed by atoms with Crippen molar-refractivity contribution in [1.29, 1.82) is 0 Å². The summed E-state index contributed by atoms with van der Waals surface area (Å²) in [5.74, 6) is 0.823. The molecule has 0 amide bonds. The van der Waals surface area contributed by atoms with Gasteiger partial charge in [-0.15, -0.1) is 35.3 Å². The average Bonchev–Trinajstić information content (AvgIpc) is 2.86. The molecular weight excluding hydrogens is 455 g/mol. The van der Waals surface area contributed by atoms with Crippen LogP contribution in [0.15, 0.2) is 29.3 Å². The van der Waals surface area contributed by atoms with Gasteiger partial charge in [0.2, 0.25) is 0 Å². The molecule has 24 heavy (non-hydrogen) atoms. The van der Waals surface area contributed by atoms with E-state index in [2.05, 4.69) is 34.5 Å². The van der Waals surface area contributed by atoms with Crippen LogP contribution in [0.1, 0.15) is 21.1 Å². The lowest BCUT2D eigenvalue weighted by atomic mass is 10.1. The summed E-state index contributed by atoms with van der Waals surface area (Å²) in [6.07, 6.45) is 1.85. The topological polar surface area (TPSA) is 49.3 Å². The van der Waals surface area contributed by atoms with Gasteiger partial charge >= 0.3 is 0 Å². The summed E-state index contributed by atoms with van der Waals surface area (Å²) in [4.78, 5) is 10.1. The molecule has 4 nitrogen and oxygen atoms in total. The number of aromatic nitrogens is 1. The predicted molar refractivity (Wildman–Crippen MR) is 115 cm³/mol. The zero-order valence-electron chi connectivity index (χ0n) is 14.2. The van der Waals surface area contributed by atoms with E-state index in [1.807, 2.05) is 24.3 Å². The third-order valence-corrected chi connectivity index (χ3v) is 4.93. The lowest BCUT2D eigenvalue weighted by Crippen LogP contribution is -2.39. The van der Waals surface area contributed by atoms with Crippen LogP contribution in [0.25, 0.3) is 0 Å². The molecule has 0 saturated heterocycles. The van der Waals surface area contributed by atoms with Crippen molar-refractivity contribution in [1.82, 2.24) is 15.6 Å². The molecule has 0 aliphatic carbocycles. The number of nitrogens with zero attached hydrogens (tertiary/aromatic N) is 2. The van der Waals surface area contributed by atoms with Crippen molar-refractivity contribution in [3.8, 4) is 0 Å². The fourth-order valence-electron chi connectivity index (χ4n) is 2.13. The minimum absolute atomic E-state index is 0. The first-order valence-corrected chi connectivity index (χ1v) is 8.90. The van der Waals surface area contributed by atoms with Crippen molar-refractivity contribution in [2.75, 3.05) is 20.1 Å². The minimum Gasteiger partial charge on any atom is -0.356 e. The van der Waals surface area contributed by atoms with Crippen molar-refractivity contribution < 1.29 is 0 Å². The fourth-order valence-corrected chi connectivity index (χ4v) is 3.19. The summed E-state index contributed by atoms with van der Waals surface area (Å²) in [6.45, 7) is 5.82. The largest absolute Gasteiger partial charge is 0.356 e. The number of rotatable bonds is 6. The first-order chi connectivity index (χ1) is 11.1. The normalized spacial score (nSPS) is 11.1. The highest BCUT2D eigenvalue weighted by Gasteiger charge is 2.04. The Kier molecular flexibility index (Phi) is 9.61. The molecule has 2 aromatic rings. The zero-order valence-corrected chi connectivity index (χ0v) is 18.1. The molecule has 1 aromatic heterocycles. The van der Waals surface area contributed by atoms with Crippen molar-refractivity contribution in [3.05, 3.63) is 50.4 Å². The van der Waals surface area contributed by atoms with Crippen LogP contribution in [0.2, 0.25) is 5.02 Å². The van der Waals surface area contributed by atoms with E-state index in [1.165, 1.54) is 15.4 Å². The van der Waals surface area contributed by atoms with Crippen molar-refractivity contribution in [3.63, 3.8) is 0 Å². The maximum atomic E-state index is 5.89. The highest BCUT2D eigenvalue weighted by atomic mass is 127. The van der Waals surface area contributed by atoms with Gasteiger partial charge < -0.3 is 10.6 Å². The molecule has 2 N–H and O–H groups in total. The van der Waals surface area contributed by atoms with Gasteiger partial charge in [-0.25, -0.2) is 4.98 Å². The Bertz CT molecular complexity index is 636. The Labute approximate surface area is 170 Å². The van der Waals surface area contributed by atoms with E-state index in [4.69, 9.17) is 11.6 Å². The Morgan fingerprint density at radius 3 is 2.29 bits per heavy atom. The second kappa shape index (κ2) is 10.9. The molecule has 0 saturated carbocycles. The summed E-state index contributed by atoms with van der Waals surface area (Å²) in [5, 5.41) is 8.59. The van der Waals surface area contributed by atoms with Crippen LogP contribution >= 0.6 is 46.9 Å². The minimum atomic E-state index is 0. The van der Waals surface area contributed by atoms with Gasteiger partial charge in [-0.2, -0.15) is 0 Å². The first-order valence-electron chi connectivity index (χ1n) is 7.70. The smallest absolute Gasteiger partial charge is 0.191 e. The van der Waals surface area contributed by atoms with Crippen molar-refractivity contribution in [2.24, 2.45) is 4.99 Å². The summed E-state index contributed by atoms with van der Waals surface area (Å²) in [7, 11) is 1.79. The highest BCUT2D eigenvalue weighted by molar-refractivity contribution is 14.0. The van der Waals surface area contributed by atoms with Gasteiger partial charge in [0, 0.05) is 36.5 Å². The van der Waals surface area contributed by atoms with Crippen LogP contribution in [0.4, 0.5) is 0 Å². The molecule has 0 fully saturated rings. The zero-order chi connectivity index (χ0) is 16.7. The monoisotopic (exact) mass is 478 g/mol. The molecule has 0 bridgehead atoms. The average molecular weight is 479 g/mol. The van der Waals surface area contributed by atoms with Crippen molar-refractivity contribution in [2.45, 2.75) is 26.7 Å². The van der Waals surface area contributed by atoms with Crippen LogP contribution in [0.5, 0.6) is 0 Å². The molecular formula is C17H24ClIN4S. The van der Waals surface area contributed by atoms with Crippen LogP contribution in [0, 0.1) is 13.8 Å². The quantitative estimate of drug-likeness (QED) is 0.375. The van der Waals surface area contributed by atoms with Crippen LogP contribution in [0.3, 0.4) is 0 Å². The summed E-state index contributed by atoms with van der Waals surface area (Å²) in [5.41, 5.74) is 2.39. The summed E-state index contributed by atoms with van der Waals surface area (Å²) >= 11 is 7.66. The lowest BCUT2D eigenvalue weighted by Gasteiger charge is -2.11. The number of aliphatic imine (C=N–C) groups is 1. The number of hydrogen-bond acceptors (Lipinski definition) is 3. The number of aryl methyl sites for hydroxylation is 2. The van der Waals surface area contributed by atoms with Gasteiger partial charge in [-0.3, -0.25) is 4.99 Å². The van der Waals surface area contributed by atoms with Gasteiger partial charge in [0.1, 0.15) is 0 Å². The molecule has 0 atom stereocenters. The number of hydrogen-bond donors (Lipinski definition) is 2. The SMILES string of the molecule is CN=C(NCCc1ccc(Cl)cc1)NCCc1nc(C)c(C)s1.I. The molecule has 7 heteroatoms. The van der Waals surface area contributed by atoms with Crippen LogP contribution < -0.4 is 10.6 Å². The maximum Gasteiger partial charge on any atom is 0.191 e. The van der Waals surface area contributed by atoms with Crippen LogP contribution in [-0.2, 0) is 12.8 Å². The Morgan fingerprint density at radius 2 is 1.75 bits per heavy atom. The highest BCUT2D eigenvalue weighted by Crippen LogP contribution is 2.16. The molecule has 1 heterocycles. The molecule has 0 aliphatic heterocycles. The number of thiazole rings is 1. The Balaban J connectivity index is 0.00000288. The molecule has 132 valence electrons. The van der Waals surface area contributed by atoms with Gasteiger partial charge in [0.15, 0.2) is 5.96 Å². The molecule has 0 unspecified atom stereocenters. The van der Waals surface area contributed by atoms with E-state index < -0.39 is 0 Å². The standard InChI is InChI=1S/C17H23ClN4S.HI/c1-12-13(2)23-16(22-12)9-11-21-17(19-3)20-10-8-14-4-6-15(18)7-5-14;/h4-7H,8-11H2,1-3H3,(H2,19,20,21);1H. The van der Waals surface area contributed by atoms with Gasteiger partial charge in [0.05, 0.1) is 10.7 Å². The number of nitrogens with one attached hydrogen (secondary N) is 2.